The lowest BCUT2D eigenvalue weighted by Gasteiger charge is -2.33. The Morgan fingerprint density at radius 1 is 1.16 bits per heavy atom. The highest BCUT2D eigenvalue weighted by Crippen LogP contribution is 2.38. The molecule has 0 aliphatic heterocycles. The zero-order valence-corrected chi connectivity index (χ0v) is 12.9. The Morgan fingerprint density at radius 2 is 2.00 bits per heavy atom. The van der Waals surface area contributed by atoms with Gasteiger partial charge < -0.3 is 5.32 Å². The molecule has 3 rings (SSSR count). The molecule has 1 aromatic rings. The van der Waals surface area contributed by atoms with Crippen LogP contribution in [0.4, 0.5) is 0 Å². The van der Waals surface area contributed by atoms with Gasteiger partial charge in [-0.15, -0.1) is 11.3 Å². The van der Waals surface area contributed by atoms with Crippen LogP contribution in [-0.4, -0.2) is 6.04 Å². The van der Waals surface area contributed by atoms with Gasteiger partial charge in [-0.05, 0) is 49.0 Å². The summed E-state index contributed by atoms with van der Waals surface area (Å²) in [5.41, 5.74) is 0. The minimum absolute atomic E-state index is 0.637. The Bertz CT molecular complexity index is 367. The van der Waals surface area contributed by atoms with Crippen LogP contribution in [0.1, 0.15) is 69.2 Å². The summed E-state index contributed by atoms with van der Waals surface area (Å²) in [6, 6.07) is 5.95. The van der Waals surface area contributed by atoms with Gasteiger partial charge in [0.25, 0.3) is 0 Å². The first-order chi connectivity index (χ1) is 9.33. The molecule has 0 saturated heterocycles. The van der Waals surface area contributed by atoms with Gasteiger partial charge in [0.05, 0.1) is 0 Å². The largest absolute Gasteiger partial charge is 0.306 e. The van der Waals surface area contributed by atoms with Crippen LogP contribution < -0.4 is 5.32 Å². The molecule has 0 radical (unpaired) electrons. The van der Waals surface area contributed by atoms with E-state index in [0.29, 0.717) is 6.04 Å². The fourth-order valence-electron chi connectivity index (χ4n) is 4.05. The van der Waals surface area contributed by atoms with E-state index in [1.807, 2.05) is 11.3 Å². The third-order valence-electron chi connectivity index (χ3n) is 5.07. The summed E-state index contributed by atoms with van der Waals surface area (Å²) >= 11 is 1.94. The van der Waals surface area contributed by atoms with Crippen LogP contribution >= 0.6 is 11.3 Å². The quantitative estimate of drug-likeness (QED) is 0.802. The van der Waals surface area contributed by atoms with E-state index in [1.165, 1.54) is 51.4 Å². The molecule has 1 aromatic heterocycles. The molecule has 3 unspecified atom stereocenters. The first-order valence-corrected chi connectivity index (χ1v) is 9.00. The summed E-state index contributed by atoms with van der Waals surface area (Å²) in [4.78, 5) is 1.57. The predicted molar refractivity (Wildman–Crippen MR) is 83.6 cm³/mol. The van der Waals surface area contributed by atoms with Crippen molar-refractivity contribution in [1.29, 1.82) is 0 Å². The van der Waals surface area contributed by atoms with Crippen molar-refractivity contribution in [1.82, 2.24) is 5.32 Å². The summed E-state index contributed by atoms with van der Waals surface area (Å²) in [6.45, 7) is 2.42. The minimum atomic E-state index is 0.637. The number of hydrogen-bond donors (Lipinski definition) is 1. The topological polar surface area (TPSA) is 12.0 Å². The van der Waals surface area contributed by atoms with Crippen LogP contribution in [0.5, 0.6) is 0 Å². The van der Waals surface area contributed by atoms with Crippen molar-refractivity contribution in [3.8, 4) is 0 Å². The predicted octanol–water partition coefficient (Wildman–Crippen LogP) is 5.15. The van der Waals surface area contributed by atoms with Gasteiger partial charge in [-0.2, -0.15) is 0 Å². The number of nitrogens with one attached hydrogen (secondary N) is 1. The lowest BCUT2D eigenvalue weighted by molar-refractivity contribution is 0.250. The van der Waals surface area contributed by atoms with E-state index in [9.17, 15) is 0 Å². The Morgan fingerprint density at radius 3 is 2.68 bits per heavy atom. The fourth-order valence-corrected chi connectivity index (χ4v) is 4.93. The zero-order chi connectivity index (χ0) is 13.1. The molecule has 0 amide bonds. The maximum atomic E-state index is 4.04. The normalized spacial score (nSPS) is 30.6. The summed E-state index contributed by atoms with van der Waals surface area (Å²) in [6.07, 6.45) is 11.4. The molecule has 0 aromatic carbocycles. The van der Waals surface area contributed by atoms with E-state index < -0.39 is 0 Å². The molecule has 2 saturated carbocycles. The van der Waals surface area contributed by atoms with Crippen molar-refractivity contribution in [2.45, 2.75) is 70.4 Å². The third-order valence-corrected chi connectivity index (χ3v) is 6.03. The number of rotatable bonds is 4. The van der Waals surface area contributed by atoms with Crippen LogP contribution in [0.25, 0.3) is 0 Å². The molecule has 1 nitrogen and oxygen atoms in total. The van der Waals surface area contributed by atoms with E-state index in [1.54, 1.807) is 4.88 Å². The van der Waals surface area contributed by atoms with E-state index in [2.05, 4.69) is 29.8 Å². The minimum Gasteiger partial charge on any atom is -0.306 e. The molecule has 19 heavy (non-hydrogen) atoms. The second-order valence-corrected chi connectivity index (χ2v) is 7.65. The molecule has 0 spiro atoms. The summed E-state index contributed by atoms with van der Waals surface area (Å²) in [7, 11) is 0. The van der Waals surface area contributed by atoms with E-state index in [0.717, 1.165) is 17.9 Å². The average Bonchev–Trinajstić information content (AvgIpc) is 3.10. The Hall–Kier alpha value is -0.340. The van der Waals surface area contributed by atoms with Crippen molar-refractivity contribution < 1.29 is 0 Å². The van der Waals surface area contributed by atoms with Crippen LogP contribution in [0, 0.1) is 11.8 Å². The molecular weight excluding hydrogens is 250 g/mol. The maximum absolute atomic E-state index is 4.04. The molecule has 2 fully saturated rings. The van der Waals surface area contributed by atoms with Gasteiger partial charge in [-0.3, -0.25) is 0 Å². The van der Waals surface area contributed by atoms with Crippen LogP contribution in [0.15, 0.2) is 17.5 Å². The molecule has 2 aliphatic rings. The molecule has 1 heterocycles. The highest BCUT2D eigenvalue weighted by Gasteiger charge is 2.30. The van der Waals surface area contributed by atoms with E-state index >= 15 is 0 Å². The van der Waals surface area contributed by atoms with E-state index in [-0.39, 0.29) is 0 Å². The van der Waals surface area contributed by atoms with Crippen molar-refractivity contribution in [3.63, 3.8) is 0 Å². The van der Waals surface area contributed by atoms with Crippen molar-refractivity contribution in [3.05, 3.63) is 22.4 Å². The van der Waals surface area contributed by atoms with Gasteiger partial charge in [-0.25, -0.2) is 0 Å². The number of hydrogen-bond acceptors (Lipinski definition) is 2. The van der Waals surface area contributed by atoms with Crippen molar-refractivity contribution >= 4 is 11.3 Å². The molecule has 3 atom stereocenters. The van der Waals surface area contributed by atoms with Gasteiger partial charge in [0.1, 0.15) is 0 Å². The fraction of sp³-hybridized carbons (Fsp3) is 0.765. The Labute approximate surface area is 121 Å². The lowest BCUT2D eigenvalue weighted by atomic mass is 9.85. The van der Waals surface area contributed by atoms with Crippen LogP contribution in [0.2, 0.25) is 0 Å². The Balaban J connectivity index is 1.68. The molecule has 2 heteroatoms. The van der Waals surface area contributed by atoms with E-state index in [4.69, 9.17) is 0 Å². The molecule has 2 aliphatic carbocycles. The SMILES string of the molecule is CC1CCCC(NC(c2cccs2)C2CCCC2)C1. The monoisotopic (exact) mass is 277 g/mol. The molecule has 1 N–H and O–H groups in total. The average molecular weight is 277 g/mol. The standard InChI is InChI=1S/C17H27NS/c1-13-6-4-9-15(12-13)18-17(14-7-2-3-8-14)16-10-5-11-19-16/h5,10-11,13-15,17-18H,2-4,6-9,12H2,1H3. The first-order valence-electron chi connectivity index (χ1n) is 8.12. The smallest absolute Gasteiger partial charge is 0.0445 e. The second kappa shape index (κ2) is 6.41. The van der Waals surface area contributed by atoms with Crippen molar-refractivity contribution in [2.75, 3.05) is 0 Å². The van der Waals surface area contributed by atoms with Gasteiger partial charge in [0.15, 0.2) is 0 Å². The number of thiophene rings is 1. The first kappa shape index (κ1) is 13.6. The van der Waals surface area contributed by atoms with Crippen LogP contribution in [0.3, 0.4) is 0 Å². The van der Waals surface area contributed by atoms with Gasteiger partial charge in [0, 0.05) is 17.0 Å². The summed E-state index contributed by atoms with van der Waals surface area (Å²) in [5, 5.41) is 6.28. The van der Waals surface area contributed by atoms with Gasteiger partial charge >= 0.3 is 0 Å². The van der Waals surface area contributed by atoms with Gasteiger partial charge in [-0.1, -0.05) is 38.7 Å². The highest BCUT2D eigenvalue weighted by molar-refractivity contribution is 7.10. The lowest BCUT2D eigenvalue weighted by Crippen LogP contribution is -2.38. The molecular formula is C17H27NS. The summed E-state index contributed by atoms with van der Waals surface area (Å²) in [5.74, 6) is 1.80. The van der Waals surface area contributed by atoms with Crippen LogP contribution in [-0.2, 0) is 0 Å². The Kier molecular flexibility index (Phi) is 4.60. The van der Waals surface area contributed by atoms with Gasteiger partial charge in [0.2, 0.25) is 0 Å². The molecule has 0 bridgehead atoms. The summed E-state index contributed by atoms with van der Waals surface area (Å²) < 4.78 is 0. The third kappa shape index (κ3) is 3.41. The highest BCUT2D eigenvalue weighted by atomic mass is 32.1. The second-order valence-electron chi connectivity index (χ2n) is 6.67. The zero-order valence-electron chi connectivity index (χ0n) is 12.1. The maximum Gasteiger partial charge on any atom is 0.0445 e. The molecule has 106 valence electrons. The van der Waals surface area contributed by atoms with Crippen molar-refractivity contribution in [2.24, 2.45) is 11.8 Å².